The minimum Gasteiger partial charge on any atom is -0.384 e. The van der Waals surface area contributed by atoms with E-state index < -0.39 is 10.0 Å². The Hall–Kier alpha value is -0.920. The lowest BCUT2D eigenvalue weighted by Gasteiger charge is -2.23. The van der Waals surface area contributed by atoms with Gasteiger partial charge in [0, 0.05) is 32.3 Å². The predicted molar refractivity (Wildman–Crippen MR) is 72.1 cm³/mol. The highest BCUT2D eigenvalue weighted by Gasteiger charge is 2.29. The van der Waals surface area contributed by atoms with E-state index in [-0.39, 0.29) is 11.7 Å². The smallest absolute Gasteiger partial charge is 0.214 e. The van der Waals surface area contributed by atoms with Gasteiger partial charge in [-0.1, -0.05) is 6.92 Å². The van der Waals surface area contributed by atoms with Crippen molar-refractivity contribution in [2.75, 3.05) is 26.0 Å². The van der Waals surface area contributed by atoms with Gasteiger partial charge in [-0.2, -0.15) is 4.31 Å². The second kappa shape index (κ2) is 6.02. The highest BCUT2D eigenvalue weighted by molar-refractivity contribution is 7.89. The molecule has 1 aromatic heterocycles. The number of hydrogen-bond acceptors (Lipinski definition) is 4. The summed E-state index contributed by atoms with van der Waals surface area (Å²) in [7, 11) is -1.55. The van der Waals surface area contributed by atoms with Crippen LogP contribution in [0.3, 0.4) is 0 Å². The van der Waals surface area contributed by atoms with Crippen molar-refractivity contribution in [1.29, 1.82) is 0 Å². The molecular weight excluding hydrogens is 266 g/mol. The fourth-order valence-corrected chi connectivity index (χ4v) is 3.99. The molecule has 1 aromatic rings. The SMILES string of the molecule is CCCS(=O)(=O)N1Cc2cncn2C[C@@H](COC)C1. The van der Waals surface area contributed by atoms with Crippen LogP contribution in [0.5, 0.6) is 0 Å². The average Bonchev–Trinajstić information content (AvgIpc) is 2.68. The van der Waals surface area contributed by atoms with Crippen molar-refractivity contribution in [3.63, 3.8) is 0 Å². The fraction of sp³-hybridized carbons (Fsp3) is 0.750. The molecule has 0 fully saturated rings. The Morgan fingerprint density at radius 2 is 2.26 bits per heavy atom. The van der Waals surface area contributed by atoms with Crippen molar-refractivity contribution in [2.24, 2.45) is 5.92 Å². The first-order chi connectivity index (χ1) is 9.06. The number of imidazole rings is 1. The quantitative estimate of drug-likeness (QED) is 0.800. The summed E-state index contributed by atoms with van der Waals surface area (Å²) in [4.78, 5) is 4.10. The molecular formula is C12H21N3O3S. The molecule has 0 bridgehead atoms. The van der Waals surface area contributed by atoms with Gasteiger partial charge in [-0.05, 0) is 6.42 Å². The normalized spacial score (nSPS) is 21.1. The van der Waals surface area contributed by atoms with Crippen molar-refractivity contribution < 1.29 is 13.2 Å². The van der Waals surface area contributed by atoms with Crippen molar-refractivity contribution in [1.82, 2.24) is 13.9 Å². The third-order valence-corrected chi connectivity index (χ3v) is 5.30. The highest BCUT2D eigenvalue weighted by atomic mass is 32.2. The zero-order valence-electron chi connectivity index (χ0n) is 11.4. The summed E-state index contributed by atoms with van der Waals surface area (Å²) < 4.78 is 33.3. The summed E-state index contributed by atoms with van der Waals surface area (Å²) in [6.45, 7) is 4.10. The van der Waals surface area contributed by atoms with E-state index in [0.717, 1.165) is 12.2 Å². The van der Waals surface area contributed by atoms with E-state index >= 15 is 0 Å². The van der Waals surface area contributed by atoms with Gasteiger partial charge < -0.3 is 9.30 Å². The molecule has 0 radical (unpaired) electrons. The van der Waals surface area contributed by atoms with Gasteiger partial charge in [0.2, 0.25) is 10.0 Å². The van der Waals surface area contributed by atoms with Gasteiger partial charge in [-0.15, -0.1) is 0 Å². The lowest BCUT2D eigenvalue weighted by molar-refractivity contribution is 0.134. The molecule has 7 heteroatoms. The van der Waals surface area contributed by atoms with Gasteiger partial charge in [0.25, 0.3) is 0 Å². The van der Waals surface area contributed by atoms with E-state index in [2.05, 4.69) is 4.98 Å². The monoisotopic (exact) mass is 287 g/mol. The Labute approximate surface area is 114 Å². The third-order valence-electron chi connectivity index (χ3n) is 3.31. The fourth-order valence-electron chi connectivity index (χ4n) is 2.45. The molecule has 0 amide bonds. The number of fused-ring (bicyclic) bond motifs is 1. The maximum absolute atomic E-state index is 12.3. The Balaban J connectivity index is 2.25. The van der Waals surface area contributed by atoms with E-state index in [4.69, 9.17) is 4.74 Å². The molecule has 6 nitrogen and oxygen atoms in total. The van der Waals surface area contributed by atoms with Crippen LogP contribution in [0.25, 0.3) is 0 Å². The lowest BCUT2D eigenvalue weighted by Crippen LogP contribution is -2.36. The lowest BCUT2D eigenvalue weighted by atomic mass is 10.1. The predicted octanol–water partition coefficient (Wildman–Crippen LogP) is 0.701. The summed E-state index contributed by atoms with van der Waals surface area (Å²) in [5.74, 6) is 0.355. The Morgan fingerprint density at radius 1 is 1.47 bits per heavy atom. The second-order valence-electron chi connectivity index (χ2n) is 4.97. The largest absolute Gasteiger partial charge is 0.384 e. The maximum atomic E-state index is 12.3. The van der Waals surface area contributed by atoms with E-state index in [0.29, 0.717) is 26.1 Å². The van der Waals surface area contributed by atoms with Gasteiger partial charge in [-0.3, -0.25) is 0 Å². The zero-order chi connectivity index (χ0) is 13.9. The third kappa shape index (κ3) is 3.34. The molecule has 1 aliphatic rings. The first-order valence-corrected chi connectivity index (χ1v) is 8.13. The van der Waals surface area contributed by atoms with E-state index in [9.17, 15) is 8.42 Å². The standard InChI is InChI=1S/C12H21N3O3S/c1-3-4-19(16,17)15-7-11(9-18-2)6-14-10-13-5-12(14)8-15/h5,10-11H,3-4,6-9H2,1-2H3/t11-/m1/s1. The van der Waals surface area contributed by atoms with Crippen molar-refractivity contribution >= 4 is 10.0 Å². The van der Waals surface area contributed by atoms with E-state index in [1.54, 1.807) is 23.9 Å². The molecule has 0 unspecified atom stereocenters. The maximum Gasteiger partial charge on any atom is 0.214 e. The number of methoxy groups -OCH3 is 1. The number of aromatic nitrogens is 2. The molecule has 2 heterocycles. The summed E-state index contributed by atoms with van der Waals surface area (Å²) in [6, 6.07) is 0. The number of rotatable bonds is 5. The molecule has 0 saturated heterocycles. The van der Waals surface area contributed by atoms with Crippen LogP contribution in [0.15, 0.2) is 12.5 Å². The Bertz CT molecular complexity index is 512. The molecule has 19 heavy (non-hydrogen) atoms. The Morgan fingerprint density at radius 3 is 2.95 bits per heavy atom. The first-order valence-electron chi connectivity index (χ1n) is 6.52. The van der Waals surface area contributed by atoms with E-state index in [1.807, 2.05) is 11.5 Å². The second-order valence-corrected chi connectivity index (χ2v) is 7.06. The molecule has 1 aliphatic heterocycles. The molecule has 0 aromatic carbocycles. The number of ether oxygens (including phenoxy) is 1. The minimum atomic E-state index is -3.19. The van der Waals surface area contributed by atoms with Crippen LogP contribution in [-0.4, -0.2) is 48.3 Å². The highest BCUT2D eigenvalue weighted by Crippen LogP contribution is 2.19. The van der Waals surface area contributed by atoms with Crippen LogP contribution in [0.1, 0.15) is 19.0 Å². The van der Waals surface area contributed by atoms with Crippen LogP contribution in [0.2, 0.25) is 0 Å². The number of nitrogens with zero attached hydrogens (tertiary/aromatic N) is 3. The zero-order valence-corrected chi connectivity index (χ0v) is 12.3. The van der Waals surface area contributed by atoms with Gasteiger partial charge >= 0.3 is 0 Å². The Kier molecular flexibility index (Phi) is 4.59. The van der Waals surface area contributed by atoms with E-state index in [1.165, 1.54) is 0 Å². The van der Waals surface area contributed by atoms with Gasteiger partial charge in [0.05, 0.1) is 30.9 Å². The van der Waals surface area contributed by atoms with Crippen LogP contribution < -0.4 is 0 Å². The molecule has 108 valence electrons. The molecule has 0 spiro atoms. The molecule has 0 N–H and O–H groups in total. The van der Waals surface area contributed by atoms with Gasteiger partial charge in [0.1, 0.15) is 0 Å². The van der Waals surface area contributed by atoms with Crippen molar-refractivity contribution in [3.8, 4) is 0 Å². The van der Waals surface area contributed by atoms with Crippen LogP contribution in [0, 0.1) is 5.92 Å². The molecule has 1 atom stereocenters. The average molecular weight is 287 g/mol. The summed E-state index contributed by atoms with van der Waals surface area (Å²) in [5.41, 5.74) is 0.943. The molecule has 0 aliphatic carbocycles. The number of hydrogen-bond donors (Lipinski definition) is 0. The van der Waals surface area contributed by atoms with Gasteiger partial charge in [-0.25, -0.2) is 13.4 Å². The van der Waals surface area contributed by atoms with Crippen LogP contribution >= 0.6 is 0 Å². The van der Waals surface area contributed by atoms with Gasteiger partial charge in [0.15, 0.2) is 0 Å². The first kappa shape index (κ1) is 14.5. The topological polar surface area (TPSA) is 64.4 Å². The molecule has 0 saturated carbocycles. The van der Waals surface area contributed by atoms with Crippen LogP contribution in [-0.2, 0) is 27.8 Å². The van der Waals surface area contributed by atoms with Crippen LogP contribution in [0.4, 0.5) is 0 Å². The summed E-state index contributed by atoms with van der Waals surface area (Å²) >= 11 is 0. The minimum absolute atomic E-state index is 0.159. The summed E-state index contributed by atoms with van der Waals surface area (Å²) in [6.07, 6.45) is 4.13. The van der Waals surface area contributed by atoms with Crippen molar-refractivity contribution in [2.45, 2.75) is 26.4 Å². The summed E-state index contributed by atoms with van der Waals surface area (Å²) in [5, 5.41) is 0. The van der Waals surface area contributed by atoms with Crippen molar-refractivity contribution in [3.05, 3.63) is 18.2 Å². The molecule has 2 rings (SSSR count). The number of sulfonamides is 1.